The van der Waals surface area contributed by atoms with Crippen LogP contribution in [-0.4, -0.2) is 35.8 Å². The monoisotopic (exact) mass is 254 g/mol. The molecule has 1 saturated heterocycles. The third kappa shape index (κ3) is 4.67. The first-order chi connectivity index (χ1) is 8.54. The molecular formula is C14H26N2O2. The van der Waals surface area contributed by atoms with E-state index in [1.165, 1.54) is 6.42 Å². The highest BCUT2D eigenvalue weighted by Gasteiger charge is 2.25. The van der Waals surface area contributed by atoms with Gasteiger partial charge in [-0.05, 0) is 31.6 Å². The zero-order valence-electron chi connectivity index (χ0n) is 11.9. The van der Waals surface area contributed by atoms with Crippen molar-refractivity contribution in [3.05, 3.63) is 0 Å². The molecule has 4 nitrogen and oxygen atoms in total. The van der Waals surface area contributed by atoms with Gasteiger partial charge in [0.15, 0.2) is 0 Å². The Hall–Kier alpha value is -1.06. The molecular weight excluding hydrogens is 228 g/mol. The standard InChI is InChI=1S/C14H26N2O2/c1-4-12-7-5-6-8-16(12)14(18)10-15-13(17)9-11(2)3/h11-12H,4-10H2,1-3H3,(H,15,17). The van der Waals surface area contributed by atoms with Gasteiger partial charge in [-0.2, -0.15) is 0 Å². The molecule has 1 aliphatic rings. The van der Waals surface area contributed by atoms with Crippen molar-refractivity contribution in [1.29, 1.82) is 0 Å². The third-order valence-corrected chi connectivity index (χ3v) is 3.45. The summed E-state index contributed by atoms with van der Waals surface area (Å²) >= 11 is 0. The smallest absolute Gasteiger partial charge is 0.242 e. The van der Waals surface area contributed by atoms with Crippen LogP contribution >= 0.6 is 0 Å². The van der Waals surface area contributed by atoms with Crippen molar-refractivity contribution in [2.45, 2.75) is 58.9 Å². The van der Waals surface area contributed by atoms with Crippen molar-refractivity contribution in [3.63, 3.8) is 0 Å². The molecule has 0 aromatic rings. The van der Waals surface area contributed by atoms with Crippen LogP contribution in [0.2, 0.25) is 0 Å². The molecule has 1 N–H and O–H groups in total. The highest BCUT2D eigenvalue weighted by atomic mass is 16.2. The van der Waals surface area contributed by atoms with Crippen LogP contribution in [0, 0.1) is 5.92 Å². The SMILES string of the molecule is CCC1CCCCN1C(=O)CNC(=O)CC(C)C. The molecule has 18 heavy (non-hydrogen) atoms. The average molecular weight is 254 g/mol. The van der Waals surface area contributed by atoms with Gasteiger partial charge >= 0.3 is 0 Å². The minimum atomic E-state index is -0.0246. The van der Waals surface area contributed by atoms with E-state index in [0.717, 1.165) is 25.8 Å². The van der Waals surface area contributed by atoms with E-state index in [0.29, 0.717) is 18.4 Å². The van der Waals surface area contributed by atoms with E-state index < -0.39 is 0 Å². The quantitative estimate of drug-likeness (QED) is 0.815. The lowest BCUT2D eigenvalue weighted by atomic mass is 10.00. The first-order valence-corrected chi connectivity index (χ1v) is 7.10. The molecule has 1 heterocycles. The number of piperidine rings is 1. The first-order valence-electron chi connectivity index (χ1n) is 7.10. The summed E-state index contributed by atoms with van der Waals surface area (Å²) in [7, 11) is 0. The summed E-state index contributed by atoms with van der Waals surface area (Å²) in [6.07, 6.45) is 4.89. The van der Waals surface area contributed by atoms with Crippen molar-refractivity contribution in [1.82, 2.24) is 10.2 Å². The molecule has 0 bridgehead atoms. The lowest BCUT2D eigenvalue weighted by Gasteiger charge is -2.35. The summed E-state index contributed by atoms with van der Waals surface area (Å²) < 4.78 is 0. The topological polar surface area (TPSA) is 49.4 Å². The summed E-state index contributed by atoms with van der Waals surface area (Å²) in [6.45, 7) is 7.12. The fourth-order valence-corrected chi connectivity index (χ4v) is 2.47. The van der Waals surface area contributed by atoms with Crippen molar-refractivity contribution < 1.29 is 9.59 Å². The number of carbonyl (C=O) groups is 2. The molecule has 4 heteroatoms. The van der Waals surface area contributed by atoms with Crippen LogP contribution in [0.3, 0.4) is 0 Å². The molecule has 1 unspecified atom stereocenters. The second kappa shape index (κ2) is 7.39. The van der Waals surface area contributed by atoms with Crippen LogP contribution in [0.1, 0.15) is 52.9 Å². The summed E-state index contributed by atoms with van der Waals surface area (Å²) in [6, 6.07) is 0.369. The number of likely N-dealkylation sites (tertiary alicyclic amines) is 1. The Balaban J connectivity index is 2.37. The van der Waals surface area contributed by atoms with E-state index in [-0.39, 0.29) is 18.4 Å². The van der Waals surface area contributed by atoms with Gasteiger partial charge in [-0.3, -0.25) is 9.59 Å². The van der Waals surface area contributed by atoms with E-state index in [2.05, 4.69) is 12.2 Å². The molecule has 0 spiro atoms. The number of amides is 2. The number of rotatable bonds is 5. The maximum atomic E-state index is 12.1. The Bertz CT molecular complexity index is 290. The lowest BCUT2D eigenvalue weighted by molar-refractivity contribution is -0.136. The Labute approximate surface area is 110 Å². The van der Waals surface area contributed by atoms with E-state index in [9.17, 15) is 9.59 Å². The van der Waals surface area contributed by atoms with Crippen LogP contribution < -0.4 is 5.32 Å². The fraction of sp³-hybridized carbons (Fsp3) is 0.857. The summed E-state index contributed by atoms with van der Waals surface area (Å²) in [5, 5.41) is 2.73. The Morgan fingerprint density at radius 2 is 2.06 bits per heavy atom. The average Bonchev–Trinajstić information content (AvgIpc) is 2.35. The summed E-state index contributed by atoms with van der Waals surface area (Å²) in [5.74, 6) is 0.376. The molecule has 2 amide bonds. The van der Waals surface area contributed by atoms with Crippen molar-refractivity contribution >= 4 is 11.8 Å². The molecule has 104 valence electrons. The van der Waals surface area contributed by atoms with E-state index >= 15 is 0 Å². The second-order valence-corrected chi connectivity index (χ2v) is 5.52. The number of carbonyl (C=O) groups excluding carboxylic acids is 2. The molecule has 0 radical (unpaired) electrons. The van der Waals surface area contributed by atoms with Gasteiger partial charge in [-0.15, -0.1) is 0 Å². The molecule has 1 aliphatic heterocycles. The van der Waals surface area contributed by atoms with Gasteiger partial charge in [-0.25, -0.2) is 0 Å². The molecule has 1 atom stereocenters. The maximum absolute atomic E-state index is 12.1. The molecule has 0 aromatic carbocycles. The molecule has 1 fully saturated rings. The second-order valence-electron chi connectivity index (χ2n) is 5.52. The summed E-state index contributed by atoms with van der Waals surface area (Å²) in [5.41, 5.74) is 0. The van der Waals surface area contributed by atoms with Gasteiger partial charge in [-0.1, -0.05) is 20.8 Å². The van der Waals surface area contributed by atoms with Gasteiger partial charge in [0, 0.05) is 19.0 Å². The fourth-order valence-electron chi connectivity index (χ4n) is 2.47. The zero-order valence-corrected chi connectivity index (χ0v) is 11.9. The normalized spacial score (nSPS) is 20.0. The predicted octanol–water partition coefficient (Wildman–Crippen LogP) is 1.94. The highest BCUT2D eigenvalue weighted by Crippen LogP contribution is 2.19. The number of hydrogen-bond acceptors (Lipinski definition) is 2. The predicted molar refractivity (Wildman–Crippen MR) is 72.1 cm³/mol. The van der Waals surface area contributed by atoms with Crippen LogP contribution in [0.25, 0.3) is 0 Å². The summed E-state index contributed by atoms with van der Waals surface area (Å²) in [4.78, 5) is 25.5. The van der Waals surface area contributed by atoms with Crippen LogP contribution in [0.15, 0.2) is 0 Å². The van der Waals surface area contributed by atoms with Crippen LogP contribution in [0.5, 0.6) is 0 Å². The van der Waals surface area contributed by atoms with E-state index in [4.69, 9.17) is 0 Å². The first kappa shape index (κ1) is 15.0. The lowest BCUT2D eigenvalue weighted by Crippen LogP contribution is -2.47. The zero-order chi connectivity index (χ0) is 13.5. The van der Waals surface area contributed by atoms with Crippen molar-refractivity contribution in [3.8, 4) is 0 Å². The van der Waals surface area contributed by atoms with Crippen molar-refractivity contribution in [2.75, 3.05) is 13.1 Å². The van der Waals surface area contributed by atoms with Crippen LogP contribution in [-0.2, 0) is 9.59 Å². The maximum Gasteiger partial charge on any atom is 0.242 e. The number of hydrogen-bond donors (Lipinski definition) is 1. The third-order valence-electron chi connectivity index (χ3n) is 3.45. The number of nitrogens with one attached hydrogen (secondary N) is 1. The van der Waals surface area contributed by atoms with Gasteiger partial charge in [0.05, 0.1) is 6.54 Å². The van der Waals surface area contributed by atoms with Gasteiger partial charge in [0.1, 0.15) is 0 Å². The molecule has 0 aromatic heterocycles. The molecule has 1 rings (SSSR count). The van der Waals surface area contributed by atoms with Gasteiger partial charge < -0.3 is 10.2 Å². The van der Waals surface area contributed by atoms with Crippen molar-refractivity contribution in [2.24, 2.45) is 5.92 Å². The molecule has 0 aliphatic carbocycles. The number of nitrogens with zero attached hydrogens (tertiary/aromatic N) is 1. The largest absolute Gasteiger partial charge is 0.347 e. The van der Waals surface area contributed by atoms with Gasteiger partial charge in [0.2, 0.25) is 11.8 Å². The van der Waals surface area contributed by atoms with E-state index in [1.807, 2.05) is 18.7 Å². The Kier molecular flexibility index (Phi) is 6.16. The minimum absolute atomic E-state index is 0.0246. The highest BCUT2D eigenvalue weighted by molar-refractivity contribution is 5.85. The molecule has 0 saturated carbocycles. The Morgan fingerprint density at radius 1 is 1.33 bits per heavy atom. The van der Waals surface area contributed by atoms with Gasteiger partial charge in [0.25, 0.3) is 0 Å². The van der Waals surface area contributed by atoms with E-state index in [1.54, 1.807) is 0 Å². The van der Waals surface area contributed by atoms with Crippen LogP contribution in [0.4, 0.5) is 0 Å². The Morgan fingerprint density at radius 3 is 2.67 bits per heavy atom. The minimum Gasteiger partial charge on any atom is -0.347 e.